The number of aromatic carboxylic acids is 1. The van der Waals surface area contributed by atoms with Gasteiger partial charge in [-0.2, -0.15) is 0 Å². The lowest BCUT2D eigenvalue weighted by atomic mass is 10.0. The molecule has 2 rings (SSSR count). The van der Waals surface area contributed by atoms with Crippen molar-refractivity contribution in [3.05, 3.63) is 59.7 Å². The molecule has 0 saturated carbocycles. The van der Waals surface area contributed by atoms with Crippen LogP contribution in [0.4, 0.5) is 5.69 Å². The molecule has 4 nitrogen and oxygen atoms in total. The molecule has 2 aromatic carbocycles. The first kappa shape index (κ1) is 19.7. The van der Waals surface area contributed by atoms with Gasteiger partial charge in [0.15, 0.2) is 0 Å². The van der Waals surface area contributed by atoms with Gasteiger partial charge >= 0.3 is 5.97 Å². The number of aliphatic imine (C=N–C) groups is 1. The van der Waals surface area contributed by atoms with Crippen molar-refractivity contribution in [2.75, 3.05) is 6.61 Å². The highest BCUT2D eigenvalue weighted by Crippen LogP contribution is 2.20. The summed E-state index contributed by atoms with van der Waals surface area (Å²) in [5.74, 6) is 0.551. The van der Waals surface area contributed by atoms with Crippen molar-refractivity contribution in [1.82, 2.24) is 0 Å². The lowest BCUT2D eigenvalue weighted by Gasteiger charge is -2.15. The fourth-order valence-corrected chi connectivity index (χ4v) is 2.60. The summed E-state index contributed by atoms with van der Waals surface area (Å²) in [6.45, 7) is 5.19. The molecule has 2 aromatic rings. The lowest BCUT2D eigenvalue weighted by molar-refractivity contribution is 0.0697. The number of hydrogen-bond acceptors (Lipinski definition) is 3. The van der Waals surface area contributed by atoms with Gasteiger partial charge in [-0.1, -0.05) is 45.2 Å². The summed E-state index contributed by atoms with van der Waals surface area (Å²) >= 11 is 0. The number of ether oxygens (including phenoxy) is 1. The maximum atomic E-state index is 10.8. The average molecular weight is 353 g/mol. The Hall–Kier alpha value is -2.62. The highest BCUT2D eigenvalue weighted by atomic mass is 16.5. The van der Waals surface area contributed by atoms with Crippen LogP contribution in [0.15, 0.2) is 53.5 Å². The predicted molar refractivity (Wildman–Crippen MR) is 106 cm³/mol. The molecule has 0 saturated heterocycles. The van der Waals surface area contributed by atoms with E-state index < -0.39 is 5.97 Å². The number of benzene rings is 2. The minimum Gasteiger partial charge on any atom is -0.493 e. The molecule has 0 bridgehead atoms. The molecule has 0 aliphatic rings. The summed E-state index contributed by atoms with van der Waals surface area (Å²) in [5, 5.41) is 8.90. The van der Waals surface area contributed by atoms with Crippen molar-refractivity contribution < 1.29 is 14.6 Å². The van der Waals surface area contributed by atoms with Crippen molar-refractivity contribution in [1.29, 1.82) is 0 Å². The Morgan fingerprint density at radius 2 is 1.81 bits per heavy atom. The van der Waals surface area contributed by atoms with E-state index >= 15 is 0 Å². The standard InChI is InChI=1S/C22H27NO3/c1-3-5-6-17(4-2)16-26-21-13-11-20(12-14-21)23-15-18-7-9-19(10-8-18)22(24)25/h7-15,17H,3-6,16H2,1-2H3,(H,24,25). The van der Waals surface area contributed by atoms with E-state index in [1.165, 1.54) is 19.3 Å². The minimum absolute atomic E-state index is 0.271. The van der Waals surface area contributed by atoms with Crippen molar-refractivity contribution in [2.45, 2.75) is 39.5 Å². The number of hydrogen-bond donors (Lipinski definition) is 1. The van der Waals surface area contributed by atoms with E-state index in [1.807, 2.05) is 24.3 Å². The van der Waals surface area contributed by atoms with Gasteiger partial charge in [-0.3, -0.25) is 4.99 Å². The molecule has 0 aliphatic carbocycles. The van der Waals surface area contributed by atoms with Crippen LogP contribution >= 0.6 is 0 Å². The van der Waals surface area contributed by atoms with Gasteiger partial charge in [0, 0.05) is 6.21 Å². The second-order valence-corrected chi connectivity index (χ2v) is 6.41. The zero-order chi connectivity index (χ0) is 18.8. The van der Waals surface area contributed by atoms with Crippen molar-refractivity contribution in [3.8, 4) is 5.75 Å². The molecule has 0 heterocycles. The molecule has 0 radical (unpaired) electrons. The molecule has 1 N–H and O–H groups in total. The van der Waals surface area contributed by atoms with Crippen LogP contribution in [0.3, 0.4) is 0 Å². The van der Waals surface area contributed by atoms with E-state index in [1.54, 1.807) is 30.5 Å². The first-order chi connectivity index (χ1) is 12.6. The Bertz CT molecular complexity index is 705. The zero-order valence-electron chi connectivity index (χ0n) is 15.5. The van der Waals surface area contributed by atoms with Crippen molar-refractivity contribution >= 4 is 17.9 Å². The maximum absolute atomic E-state index is 10.8. The van der Waals surface area contributed by atoms with E-state index in [-0.39, 0.29) is 5.56 Å². The van der Waals surface area contributed by atoms with Gasteiger partial charge in [-0.05, 0) is 54.3 Å². The molecule has 1 atom stereocenters. The number of rotatable bonds is 10. The first-order valence-corrected chi connectivity index (χ1v) is 9.22. The Labute approximate surface area is 155 Å². The minimum atomic E-state index is -0.927. The van der Waals surface area contributed by atoms with E-state index in [9.17, 15) is 4.79 Å². The second kappa shape index (κ2) is 10.4. The molecule has 0 aromatic heterocycles. The molecular formula is C22H27NO3. The number of nitrogens with zero attached hydrogens (tertiary/aromatic N) is 1. The van der Waals surface area contributed by atoms with Gasteiger partial charge in [-0.15, -0.1) is 0 Å². The summed E-state index contributed by atoms with van der Waals surface area (Å²) in [4.78, 5) is 15.3. The van der Waals surface area contributed by atoms with Gasteiger partial charge in [0.1, 0.15) is 5.75 Å². The van der Waals surface area contributed by atoms with Crippen LogP contribution in [0, 0.1) is 5.92 Å². The normalized spacial score (nSPS) is 12.2. The van der Waals surface area contributed by atoms with Crippen molar-refractivity contribution in [2.24, 2.45) is 10.9 Å². The smallest absolute Gasteiger partial charge is 0.335 e. The number of carbonyl (C=O) groups is 1. The number of unbranched alkanes of at least 4 members (excludes halogenated alkanes) is 1. The lowest BCUT2D eigenvalue weighted by Crippen LogP contribution is -2.11. The van der Waals surface area contributed by atoms with E-state index in [4.69, 9.17) is 9.84 Å². The Kier molecular flexibility index (Phi) is 7.87. The van der Waals surface area contributed by atoms with Crippen LogP contribution in [0.5, 0.6) is 5.75 Å². The third kappa shape index (κ3) is 6.36. The fourth-order valence-electron chi connectivity index (χ4n) is 2.60. The molecule has 26 heavy (non-hydrogen) atoms. The molecule has 0 amide bonds. The maximum Gasteiger partial charge on any atom is 0.335 e. The summed E-state index contributed by atoms with van der Waals surface area (Å²) in [7, 11) is 0. The monoisotopic (exact) mass is 353 g/mol. The highest BCUT2D eigenvalue weighted by molar-refractivity contribution is 5.89. The molecule has 0 spiro atoms. The number of carboxylic acid groups (broad SMARTS) is 1. The van der Waals surface area contributed by atoms with Crippen LogP contribution in [-0.4, -0.2) is 23.9 Å². The van der Waals surface area contributed by atoms with Crippen LogP contribution in [0.2, 0.25) is 0 Å². The Morgan fingerprint density at radius 3 is 2.38 bits per heavy atom. The topological polar surface area (TPSA) is 58.9 Å². The first-order valence-electron chi connectivity index (χ1n) is 9.22. The summed E-state index contributed by atoms with van der Waals surface area (Å²) < 4.78 is 5.90. The SMILES string of the molecule is CCCCC(CC)COc1ccc(N=Cc2ccc(C(=O)O)cc2)cc1. The van der Waals surface area contributed by atoms with Gasteiger partial charge in [0.2, 0.25) is 0 Å². The van der Waals surface area contributed by atoms with Crippen molar-refractivity contribution in [3.63, 3.8) is 0 Å². The molecule has 138 valence electrons. The van der Waals surface area contributed by atoms with E-state index in [0.717, 1.165) is 30.0 Å². The third-order valence-electron chi connectivity index (χ3n) is 4.39. The Morgan fingerprint density at radius 1 is 1.12 bits per heavy atom. The second-order valence-electron chi connectivity index (χ2n) is 6.41. The van der Waals surface area contributed by atoms with Crippen LogP contribution in [-0.2, 0) is 0 Å². The quantitative estimate of drug-likeness (QED) is 0.555. The predicted octanol–water partition coefficient (Wildman–Crippen LogP) is 5.73. The van der Waals surface area contributed by atoms with Gasteiger partial charge < -0.3 is 9.84 Å². The zero-order valence-corrected chi connectivity index (χ0v) is 15.5. The molecule has 0 aliphatic heterocycles. The largest absolute Gasteiger partial charge is 0.493 e. The van der Waals surface area contributed by atoms with Crippen LogP contribution in [0.1, 0.15) is 55.5 Å². The molecular weight excluding hydrogens is 326 g/mol. The molecule has 0 fully saturated rings. The number of carboxylic acids is 1. The third-order valence-corrected chi connectivity index (χ3v) is 4.39. The van der Waals surface area contributed by atoms with Gasteiger partial charge in [0.05, 0.1) is 17.9 Å². The molecule has 1 unspecified atom stereocenters. The van der Waals surface area contributed by atoms with Crippen LogP contribution < -0.4 is 4.74 Å². The summed E-state index contributed by atoms with van der Waals surface area (Å²) in [6.07, 6.45) is 6.56. The van der Waals surface area contributed by atoms with Gasteiger partial charge in [-0.25, -0.2) is 4.79 Å². The summed E-state index contributed by atoms with van der Waals surface area (Å²) in [6, 6.07) is 14.3. The summed E-state index contributed by atoms with van der Waals surface area (Å²) in [5.41, 5.74) is 1.96. The average Bonchev–Trinajstić information content (AvgIpc) is 2.67. The van der Waals surface area contributed by atoms with E-state index in [0.29, 0.717) is 5.92 Å². The fraction of sp³-hybridized carbons (Fsp3) is 0.364. The van der Waals surface area contributed by atoms with E-state index in [2.05, 4.69) is 18.8 Å². The highest BCUT2D eigenvalue weighted by Gasteiger charge is 2.06. The molecule has 4 heteroatoms. The Balaban J connectivity index is 1.89. The van der Waals surface area contributed by atoms with Gasteiger partial charge in [0.25, 0.3) is 0 Å². The van der Waals surface area contributed by atoms with Crippen LogP contribution in [0.25, 0.3) is 0 Å².